The number of nitrogens with one attached hydrogen (secondary N) is 4. The zero-order chi connectivity index (χ0) is 19.7. The molecule has 0 heterocycles. The summed E-state index contributed by atoms with van der Waals surface area (Å²) in [7, 11) is 0. The SMILES string of the molecule is CC(C)CCCNc1c(NCCNC(=O)[C@@H](CN)NC(C)C)c(=O)c1=O. The van der Waals surface area contributed by atoms with Crippen LogP contribution in [0.2, 0.25) is 0 Å². The fraction of sp³-hybridized carbons (Fsp3) is 0.722. The third-order valence-corrected chi connectivity index (χ3v) is 3.98. The highest BCUT2D eigenvalue weighted by atomic mass is 16.2. The number of rotatable bonds is 13. The second kappa shape index (κ2) is 10.9. The van der Waals surface area contributed by atoms with Crippen molar-refractivity contribution in [3.8, 4) is 0 Å². The smallest absolute Gasteiger partial charge is 0.253 e. The summed E-state index contributed by atoms with van der Waals surface area (Å²) >= 11 is 0. The molecule has 1 atom stereocenters. The normalized spacial score (nSPS) is 12.6. The van der Waals surface area contributed by atoms with Crippen LogP contribution in [0, 0.1) is 5.92 Å². The zero-order valence-corrected chi connectivity index (χ0v) is 16.3. The molecular weight excluding hydrogens is 334 g/mol. The van der Waals surface area contributed by atoms with Gasteiger partial charge in [-0.15, -0.1) is 0 Å². The van der Waals surface area contributed by atoms with Crippen LogP contribution in [0.5, 0.6) is 0 Å². The highest BCUT2D eigenvalue weighted by Gasteiger charge is 2.20. The van der Waals surface area contributed by atoms with Crippen LogP contribution >= 0.6 is 0 Å². The summed E-state index contributed by atoms with van der Waals surface area (Å²) in [4.78, 5) is 35.4. The highest BCUT2D eigenvalue weighted by Crippen LogP contribution is 2.14. The molecule has 0 aromatic heterocycles. The topological polar surface area (TPSA) is 125 Å². The highest BCUT2D eigenvalue weighted by molar-refractivity contribution is 5.82. The lowest BCUT2D eigenvalue weighted by atomic mass is 10.1. The largest absolute Gasteiger partial charge is 0.380 e. The molecule has 0 radical (unpaired) electrons. The van der Waals surface area contributed by atoms with Gasteiger partial charge >= 0.3 is 0 Å². The molecule has 26 heavy (non-hydrogen) atoms. The Balaban J connectivity index is 2.39. The van der Waals surface area contributed by atoms with Crippen molar-refractivity contribution < 1.29 is 4.79 Å². The van der Waals surface area contributed by atoms with E-state index < -0.39 is 16.9 Å². The molecule has 1 amide bonds. The summed E-state index contributed by atoms with van der Waals surface area (Å²) in [5, 5.41) is 11.8. The lowest BCUT2D eigenvalue weighted by Gasteiger charge is -2.19. The maximum Gasteiger partial charge on any atom is 0.253 e. The Morgan fingerprint density at radius 1 is 0.962 bits per heavy atom. The van der Waals surface area contributed by atoms with E-state index in [2.05, 4.69) is 35.1 Å². The van der Waals surface area contributed by atoms with Gasteiger partial charge in [0.15, 0.2) is 0 Å². The van der Waals surface area contributed by atoms with Crippen molar-refractivity contribution in [2.45, 2.75) is 52.6 Å². The van der Waals surface area contributed by atoms with Crippen molar-refractivity contribution in [2.24, 2.45) is 11.7 Å². The van der Waals surface area contributed by atoms with Gasteiger partial charge in [-0.3, -0.25) is 14.4 Å². The van der Waals surface area contributed by atoms with Gasteiger partial charge in [0.1, 0.15) is 11.4 Å². The molecule has 1 aromatic carbocycles. The molecule has 6 N–H and O–H groups in total. The average Bonchev–Trinajstić information content (AvgIpc) is 2.59. The Bertz CT molecular complexity index is 635. The quantitative estimate of drug-likeness (QED) is 0.245. The first-order valence-electron chi connectivity index (χ1n) is 9.32. The van der Waals surface area contributed by atoms with E-state index >= 15 is 0 Å². The molecule has 8 heteroatoms. The number of nitrogens with two attached hydrogens (primary N) is 1. The van der Waals surface area contributed by atoms with Crippen LogP contribution < -0.4 is 37.9 Å². The predicted octanol–water partition coefficient (Wildman–Crippen LogP) is -0.0159. The van der Waals surface area contributed by atoms with E-state index in [1.165, 1.54) is 0 Å². The van der Waals surface area contributed by atoms with Gasteiger partial charge in [0.2, 0.25) is 5.91 Å². The zero-order valence-electron chi connectivity index (χ0n) is 16.3. The number of hydrogen-bond acceptors (Lipinski definition) is 7. The molecule has 0 aliphatic heterocycles. The summed E-state index contributed by atoms with van der Waals surface area (Å²) in [6.07, 6.45) is 2.00. The molecule has 0 saturated heterocycles. The first-order valence-corrected chi connectivity index (χ1v) is 9.32. The molecule has 1 aromatic rings. The van der Waals surface area contributed by atoms with Gasteiger partial charge in [0.05, 0.1) is 6.04 Å². The standard InChI is InChI=1S/C18H33N5O3/c1-11(2)6-5-7-20-14-15(17(25)16(14)24)21-8-9-22-18(26)13(10-19)23-12(3)4/h11-13,20-21,23H,5-10,19H2,1-4H3,(H,22,26)/t13-/m1/s1. The number of hydrogen-bond donors (Lipinski definition) is 5. The molecule has 0 saturated carbocycles. The maximum atomic E-state index is 12.0. The second-order valence-electron chi connectivity index (χ2n) is 7.20. The lowest BCUT2D eigenvalue weighted by molar-refractivity contribution is -0.123. The summed E-state index contributed by atoms with van der Waals surface area (Å²) < 4.78 is 0. The Morgan fingerprint density at radius 3 is 2.04 bits per heavy atom. The summed E-state index contributed by atoms with van der Waals surface area (Å²) in [6, 6.07) is -0.292. The van der Waals surface area contributed by atoms with Crippen molar-refractivity contribution in [1.29, 1.82) is 0 Å². The Hall–Kier alpha value is -1.93. The van der Waals surface area contributed by atoms with E-state index in [0.717, 1.165) is 12.8 Å². The molecule has 148 valence electrons. The van der Waals surface area contributed by atoms with Gasteiger partial charge in [0, 0.05) is 32.2 Å². The van der Waals surface area contributed by atoms with Crippen LogP contribution in [-0.4, -0.2) is 44.2 Å². The number of carbonyl (C=O) groups is 1. The Kier molecular flexibility index (Phi) is 9.29. The third kappa shape index (κ3) is 6.76. The van der Waals surface area contributed by atoms with Crippen LogP contribution in [0.25, 0.3) is 0 Å². The minimum absolute atomic E-state index is 0.153. The van der Waals surface area contributed by atoms with Crippen molar-refractivity contribution >= 4 is 17.3 Å². The minimum Gasteiger partial charge on any atom is -0.380 e. The van der Waals surface area contributed by atoms with E-state index in [-0.39, 0.29) is 18.5 Å². The van der Waals surface area contributed by atoms with E-state index in [4.69, 9.17) is 5.73 Å². The number of carbonyl (C=O) groups excluding carboxylic acids is 1. The van der Waals surface area contributed by atoms with Crippen LogP contribution in [-0.2, 0) is 4.79 Å². The van der Waals surface area contributed by atoms with Gasteiger partial charge < -0.3 is 27.0 Å². The van der Waals surface area contributed by atoms with Gasteiger partial charge in [-0.1, -0.05) is 27.7 Å². The summed E-state index contributed by atoms with van der Waals surface area (Å²) in [5.74, 6) is 0.424. The number of amides is 1. The van der Waals surface area contributed by atoms with Gasteiger partial charge in [-0.25, -0.2) is 0 Å². The monoisotopic (exact) mass is 367 g/mol. The van der Waals surface area contributed by atoms with Gasteiger partial charge in [-0.05, 0) is 18.8 Å². The van der Waals surface area contributed by atoms with E-state index in [1.807, 2.05) is 13.8 Å². The molecule has 0 bridgehead atoms. The number of anilines is 2. The fourth-order valence-corrected chi connectivity index (χ4v) is 2.60. The van der Waals surface area contributed by atoms with Gasteiger partial charge in [0.25, 0.3) is 10.9 Å². The fourth-order valence-electron chi connectivity index (χ4n) is 2.60. The van der Waals surface area contributed by atoms with Crippen molar-refractivity contribution in [3.05, 3.63) is 20.4 Å². The van der Waals surface area contributed by atoms with E-state index in [0.29, 0.717) is 36.9 Å². The molecule has 0 spiro atoms. The minimum atomic E-state index is -0.510. The molecule has 1 rings (SSSR count). The molecule has 0 unspecified atom stereocenters. The Labute approximate surface area is 155 Å². The van der Waals surface area contributed by atoms with Crippen LogP contribution in [0.4, 0.5) is 11.4 Å². The second-order valence-corrected chi connectivity index (χ2v) is 7.20. The summed E-state index contributed by atoms with van der Waals surface area (Å²) in [5.41, 5.74) is 5.27. The van der Waals surface area contributed by atoms with Gasteiger partial charge in [-0.2, -0.15) is 0 Å². The first kappa shape index (κ1) is 22.1. The molecular formula is C18H33N5O3. The molecule has 8 nitrogen and oxygen atoms in total. The Morgan fingerprint density at radius 2 is 1.54 bits per heavy atom. The molecule has 0 fully saturated rings. The molecule has 0 aliphatic carbocycles. The maximum absolute atomic E-state index is 12.0. The first-order chi connectivity index (χ1) is 12.3. The van der Waals surface area contributed by atoms with Crippen LogP contribution in [0.3, 0.4) is 0 Å². The average molecular weight is 367 g/mol. The van der Waals surface area contributed by atoms with Crippen LogP contribution in [0.15, 0.2) is 9.59 Å². The molecule has 0 aliphatic rings. The van der Waals surface area contributed by atoms with Crippen molar-refractivity contribution in [1.82, 2.24) is 10.6 Å². The van der Waals surface area contributed by atoms with Crippen LogP contribution in [0.1, 0.15) is 40.5 Å². The summed E-state index contributed by atoms with van der Waals surface area (Å²) in [6.45, 7) is 9.73. The predicted molar refractivity (Wildman–Crippen MR) is 107 cm³/mol. The van der Waals surface area contributed by atoms with Crippen molar-refractivity contribution in [3.63, 3.8) is 0 Å². The third-order valence-electron chi connectivity index (χ3n) is 3.98. The lowest BCUT2D eigenvalue weighted by Crippen LogP contribution is -2.51. The van der Waals surface area contributed by atoms with Crippen molar-refractivity contribution in [2.75, 3.05) is 36.8 Å². The van der Waals surface area contributed by atoms with E-state index in [9.17, 15) is 14.4 Å². The van der Waals surface area contributed by atoms with E-state index in [1.54, 1.807) is 0 Å².